The summed E-state index contributed by atoms with van der Waals surface area (Å²) in [5, 5.41) is 4.63. The highest BCUT2D eigenvalue weighted by Crippen LogP contribution is 2.52. The molecule has 0 spiro atoms. The van der Waals surface area contributed by atoms with Crippen molar-refractivity contribution in [2.45, 2.75) is 45.4 Å². The van der Waals surface area contributed by atoms with Crippen molar-refractivity contribution in [1.82, 2.24) is 0 Å². The smallest absolute Gasteiger partial charge is 0.177 e. The van der Waals surface area contributed by atoms with Gasteiger partial charge in [-0.05, 0) is 30.4 Å². The third kappa shape index (κ3) is 3.24. The van der Waals surface area contributed by atoms with Crippen LogP contribution >= 0.6 is 23.1 Å². The molecule has 0 amide bonds. The lowest BCUT2D eigenvalue weighted by molar-refractivity contribution is 0.0944. The van der Waals surface area contributed by atoms with Crippen LogP contribution in [-0.4, -0.2) is 18.6 Å². The second-order valence-corrected chi connectivity index (χ2v) is 8.43. The topological polar surface area (TPSA) is 55.1 Å². The summed E-state index contributed by atoms with van der Waals surface area (Å²) in [6.45, 7) is 9.41. The average Bonchev–Trinajstić information content (AvgIpc) is 3.15. The zero-order valence-electron chi connectivity index (χ0n) is 13.6. The Bertz CT molecular complexity index is 531. The molecule has 0 saturated heterocycles. The predicted molar refractivity (Wildman–Crippen MR) is 94.7 cm³/mol. The molecule has 3 nitrogen and oxygen atoms in total. The Kier molecular flexibility index (Phi) is 4.93. The van der Waals surface area contributed by atoms with Gasteiger partial charge in [0.1, 0.15) is 5.00 Å². The van der Waals surface area contributed by atoms with E-state index < -0.39 is 0 Å². The van der Waals surface area contributed by atoms with Crippen LogP contribution in [0.1, 0.15) is 50.2 Å². The number of carbonyl (C=O) groups is 1. The van der Waals surface area contributed by atoms with Gasteiger partial charge in [0.15, 0.2) is 5.78 Å². The lowest BCUT2D eigenvalue weighted by Gasteiger charge is -2.20. The van der Waals surface area contributed by atoms with Crippen LogP contribution < -0.4 is 11.1 Å². The first kappa shape index (κ1) is 16.7. The van der Waals surface area contributed by atoms with E-state index in [1.165, 1.54) is 24.2 Å². The van der Waals surface area contributed by atoms with E-state index in [0.717, 1.165) is 16.4 Å². The van der Waals surface area contributed by atoms with Crippen LogP contribution in [0.2, 0.25) is 0 Å². The fourth-order valence-electron chi connectivity index (χ4n) is 2.57. The first-order valence-electron chi connectivity index (χ1n) is 7.56. The zero-order chi connectivity index (χ0) is 15.8. The highest BCUT2D eigenvalue weighted by molar-refractivity contribution is 7.99. The molecule has 1 aliphatic rings. The van der Waals surface area contributed by atoms with Crippen LogP contribution in [0.3, 0.4) is 0 Å². The van der Waals surface area contributed by atoms with Gasteiger partial charge in [-0.2, -0.15) is 0 Å². The molecule has 2 rings (SSSR count). The minimum absolute atomic E-state index is 0.0149. The van der Waals surface area contributed by atoms with Crippen molar-refractivity contribution in [2.24, 2.45) is 17.3 Å². The van der Waals surface area contributed by atoms with Crippen LogP contribution in [0.25, 0.3) is 0 Å². The molecule has 1 saturated carbocycles. The summed E-state index contributed by atoms with van der Waals surface area (Å²) in [7, 11) is 0. The van der Waals surface area contributed by atoms with Crippen molar-refractivity contribution >= 4 is 39.6 Å². The molecular formula is C16H26N2OS2. The number of Topliss-reactive ketones (excluding diaryl/α,β-unsaturated/α-hetero) is 1. The van der Waals surface area contributed by atoms with Gasteiger partial charge in [0.25, 0.3) is 0 Å². The molecule has 5 heteroatoms. The number of thiophene rings is 1. The van der Waals surface area contributed by atoms with Crippen LogP contribution in [0.4, 0.5) is 10.7 Å². The maximum absolute atomic E-state index is 12.3. The van der Waals surface area contributed by atoms with E-state index >= 15 is 0 Å². The molecule has 0 aromatic carbocycles. The number of hydrogen-bond donors (Lipinski definition) is 2. The summed E-state index contributed by atoms with van der Waals surface area (Å²) < 4.78 is 0. The Morgan fingerprint density at radius 1 is 1.38 bits per heavy atom. The quantitative estimate of drug-likeness (QED) is 0.561. The fourth-order valence-corrected chi connectivity index (χ4v) is 4.69. The summed E-state index contributed by atoms with van der Waals surface area (Å²) in [6.07, 6.45) is 4.61. The third-order valence-corrected chi connectivity index (χ3v) is 6.71. The minimum atomic E-state index is -0.0149. The van der Waals surface area contributed by atoms with Crippen LogP contribution in [-0.2, 0) is 0 Å². The summed E-state index contributed by atoms with van der Waals surface area (Å²) in [5.74, 6) is 0.821. The zero-order valence-corrected chi connectivity index (χ0v) is 15.2. The molecule has 1 fully saturated rings. The van der Waals surface area contributed by atoms with E-state index in [0.29, 0.717) is 21.9 Å². The van der Waals surface area contributed by atoms with E-state index in [2.05, 4.69) is 19.2 Å². The minimum Gasteiger partial charge on any atom is -0.396 e. The number of nitrogens with one attached hydrogen (secondary N) is 1. The van der Waals surface area contributed by atoms with Crippen LogP contribution in [0.5, 0.6) is 0 Å². The van der Waals surface area contributed by atoms with E-state index in [4.69, 9.17) is 5.73 Å². The molecule has 1 aromatic rings. The Morgan fingerprint density at radius 3 is 2.43 bits per heavy atom. The van der Waals surface area contributed by atoms with Crippen molar-refractivity contribution in [2.75, 3.05) is 23.9 Å². The third-order valence-electron chi connectivity index (χ3n) is 4.57. The molecule has 118 valence electrons. The molecule has 0 unspecified atom stereocenters. The molecule has 0 bridgehead atoms. The number of ketones is 1. The van der Waals surface area contributed by atoms with Gasteiger partial charge in [-0.1, -0.05) is 27.7 Å². The van der Waals surface area contributed by atoms with Gasteiger partial charge >= 0.3 is 0 Å². The number of thioether (sulfide) groups is 1. The Morgan fingerprint density at radius 2 is 2.00 bits per heavy atom. The van der Waals surface area contributed by atoms with Gasteiger partial charge in [-0.3, -0.25) is 4.79 Å². The summed E-state index contributed by atoms with van der Waals surface area (Å²) >= 11 is 3.14. The molecule has 1 aliphatic carbocycles. The number of carbonyl (C=O) groups excluding carboxylic acids is 1. The molecule has 0 atom stereocenters. The van der Waals surface area contributed by atoms with Crippen molar-refractivity contribution in [3.63, 3.8) is 0 Å². The van der Waals surface area contributed by atoms with Crippen molar-refractivity contribution in [1.29, 1.82) is 0 Å². The molecular weight excluding hydrogens is 300 g/mol. The van der Waals surface area contributed by atoms with Gasteiger partial charge in [0.05, 0.1) is 15.5 Å². The normalized spacial score (nSPS) is 16.5. The second kappa shape index (κ2) is 6.21. The predicted octanol–water partition coefficient (Wildman–Crippen LogP) is 4.74. The molecule has 0 radical (unpaired) electrons. The van der Waals surface area contributed by atoms with Crippen LogP contribution in [0.15, 0.2) is 4.90 Å². The lowest BCUT2D eigenvalue weighted by atomic mass is 9.92. The monoisotopic (exact) mass is 326 g/mol. The van der Waals surface area contributed by atoms with Gasteiger partial charge in [0, 0.05) is 12.5 Å². The molecule has 1 heterocycles. The molecule has 1 aromatic heterocycles. The maximum Gasteiger partial charge on any atom is 0.177 e. The van der Waals surface area contributed by atoms with Gasteiger partial charge in [-0.15, -0.1) is 23.1 Å². The Balaban J connectivity index is 2.20. The van der Waals surface area contributed by atoms with Crippen molar-refractivity contribution in [3.8, 4) is 0 Å². The van der Waals surface area contributed by atoms with E-state index in [9.17, 15) is 4.79 Å². The number of anilines is 2. The highest BCUT2D eigenvalue weighted by atomic mass is 32.2. The number of nitrogens with two attached hydrogens (primary N) is 1. The fraction of sp³-hybridized carbons (Fsp3) is 0.688. The SMILES string of the molecule is CSc1c(NCC2(C(C)C)CC2)sc(C(=O)C(C)C)c1N. The van der Waals surface area contributed by atoms with Crippen molar-refractivity contribution in [3.05, 3.63) is 4.88 Å². The number of hydrogen-bond acceptors (Lipinski definition) is 5. The molecule has 3 N–H and O–H groups in total. The number of rotatable bonds is 7. The maximum atomic E-state index is 12.3. The Labute approximate surface area is 136 Å². The average molecular weight is 327 g/mol. The first-order chi connectivity index (χ1) is 9.82. The van der Waals surface area contributed by atoms with Crippen LogP contribution in [0, 0.1) is 17.3 Å². The van der Waals surface area contributed by atoms with Gasteiger partial charge in [0.2, 0.25) is 0 Å². The Hall–Kier alpha value is -0.680. The molecule has 21 heavy (non-hydrogen) atoms. The standard InChI is InChI=1S/C16H26N2OS2/c1-9(2)12(19)13-11(17)14(20-5)15(21-13)18-8-16(6-7-16)10(3)4/h9-10,18H,6-8,17H2,1-5H3. The second-order valence-electron chi connectivity index (χ2n) is 6.60. The lowest BCUT2D eigenvalue weighted by Crippen LogP contribution is -2.20. The van der Waals surface area contributed by atoms with E-state index in [1.54, 1.807) is 11.8 Å². The summed E-state index contributed by atoms with van der Waals surface area (Å²) in [6, 6.07) is 0. The van der Waals surface area contributed by atoms with E-state index in [1.807, 2.05) is 20.1 Å². The largest absolute Gasteiger partial charge is 0.396 e. The van der Waals surface area contributed by atoms with Gasteiger partial charge in [-0.25, -0.2) is 0 Å². The van der Waals surface area contributed by atoms with E-state index in [-0.39, 0.29) is 11.7 Å². The highest BCUT2D eigenvalue weighted by Gasteiger charge is 2.45. The van der Waals surface area contributed by atoms with Gasteiger partial charge < -0.3 is 11.1 Å². The summed E-state index contributed by atoms with van der Waals surface area (Å²) in [5.41, 5.74) is 7.29. The molecule has 0 aliphatic heterocycles. The number of nitrogen functional groups attached to an aromatic ring is 1. The summed E-state index contributed by atoms with van der Waals surface area (Å²) in [4.78, 5) is 14.0. The first-order valence-corrected chi connectivity index (χ1v) is 9.61. The van der Waals surface area contributed by atoms with Crippen molar-refractivity contribution < 1.29 is 4.79 Å².